The van der Waals surface area contributed by atoms with Gasteiger partial charge in [-0.2, -0.15) is 0 Å². The van der Waals surface area contributed by atoms with E-state index in [-0.39, 0.29) is 17.6 Å². The molecule has 2 atom stereocenters. The van der Waals surface area contributed by atoms with E-state index in [4.69, 9.17) is 0 Å². The number of hydrogen-bond acceptors (Lipinski definition) is 1. The first-order valence-corrected chi connectivity index (χ1v) is 5.89. The highest BCUT2D eigenvalue weighted by Crippen LogP contribution is 2.35. The van der Waals surface area contributed by atoms with Gasteiger partial charge in [-0.25, -0.2) is 8.78 Å². The molecule has 1 aromatic carbocycles. The second kappa shape index (κ2) is 4.91. The molecule has 0 bridgehead atoms. The normalized spacial score (nSPS) is 24.9. The summed E-state index contributed by atoms with van der Waals surface area (Å²) in [5, 5.41) is 3.36. The zero-order valence-corrected chi connectivity index (χ0v) is 9.47. The van der Waals surface area contributed by atoms with Gasteiger partial charge in [0.05, 0.1) is 0 Å². The molecule has 1 aliphatic rings. The third kappa shape index (κ3) is 2.40. The van der Waals surface area contributed by atoms with E-state index < -0.39 is 0 Å². The van der Waals surface area contributed by atoms with Crippen molar-refractivity contribution >= 4 is 0 Å². The standard InChI is InChI=1S/C13H17F2N/c1-2-16-11-5-3-9(7-11)12-8-10(14)4-6-13(12)15/h4,6,8-9,11,16H,2-3,5,7H2,1H3. The van der Waals surface area contributed by atoms with E-state index in [2.05, 4.69) is 12.2 Å². The largest absolute Gasteiger partial charge is 0.314 e. The molecule has 1 saturated carbocycles. The maximum Gasteiger partial charge on any atom is 0.126 e. The summed E-state index contributed by atoms with van der Waals surface area (Å²) in [7, 11) is 0. The average molecular weight is 225 g/mol. The van der Waals surface area contributed by atoms with Crippen LogP contribution in [0.3, 0.4) is 0 Å². The predicted octanol–water partition coefficient (Wildman–Crippen LogP) is 3.21. The quantitative estimate of drug-likeness (QED) is 0.833. The van der Waals surface area contributed by atoms with Crippen molar-refractivity contribution in [3.63, 3.8) is 0 Å². The third-order valence-corrected chi connectivity index (χ3v) is 3.32. The fourth-order valence-corrected chi connectivity index (χ4v) is 2.57. The lowest BCUT2D eigenvalue weighted by Gasteiger charge is -2.13. The first-order chi connectivity index (χ1) is 7.70. The van der Waals surface area contributed by atoms with Gasteiger partial charge in [-0.15, -0.1) is 0 Å². The number of benzene rings is 1. The Bertz CT molecular complexity index is 365. The Hall–Kier alpha value is -0.960. The second-order valence-corrected chi connectivity index (χ2v) is 4.43. The molecule has 0 radical (unpaired) electrons. The summed E-state index contributed by atoms with van der Waals surface area (Å²) in [6.45, 7) is 3.00. The molecular formula is C13H17F2N. The van der Waals surface area contributed by atoms with Crippen LogP contribution in [0.5, 0.6) is 0 Å². The number of nitrogens with one attached hydrogen (secondary N) is 1. The number of hydrogen-bond donors (Lipinski definition) is 1. The van der Waals surface area contributed by atoms with Crippen LogP contribution in [0, 0.1) is 11.6 Å². The van der Waals surface area contributed by atoms with Gasteiger partial charge in [0, 0.05) is 6.04 Å². The first-order valence-electron chi connectivity index (χ1n) is 5.89. The molecule has 2 rings (SSSR count). The molecule has 1 N–H and O–H groups in total. The van der Waals surface area contributed by atoms with Crippen LogP contribution in [0.25, 0.3) is 0 Å². The van der Waals surface area contributed by atoms with E-state index in [1.165, 1.54) is 18.2 Å². The summed E-state index contributed by atoms with van der Waals surface area (Å²) < 4.78 is 26.6. The van der Waals surface area contributed by atoms with Crippen LogP contribution in [0.2, 0.25) is 0 Å². The molecule has 1 nitrogen and oxygen atoms in total. The first kappa shape index (κ1) is 11.5. The van der Waals surface area contributed by atoms with Gasteiger partial charge in [-0.3, -0.25) is 0 Å². The fraction of sp³-hybridized carbons (Fsp3) is 0.538. The number of halogens is 2. The molecule has 1 fully saturated rings. The SMILES string of the molecule is CCNC1CCC(c2cc(F)ccc2F)C1. The summed E-state index contributed by atoms with van der Waals surface area (Å²) >= 11 is 0. The van der Waals surface area contributed by atoms with Crippen molar-refractivity contribution in [2.75, 3.05) is 6.54 Å². The van der Waals surface area contributed by atoms with Gasteiger partial charge in [0.15, 0.2) is 0 Å². The minimum Gasteiger partial charge on any atom is -0.314 e. The van der Waals surface area contributed by atoms with Gasteiger partial charge in [0.25, 0.3) is 0 Å². The van der Waals surface area contributed by atoms with Crippen molar-refractivity contribution in [2.45, 2.75) is 38.1 Å². The highest BCUT2D eigenvalue weighted by Gasteiger charge is 2.27. The van der Waals surface area contributed by atoms with Crippen LogP contribution in [0.15, 0.2) is 18.2 Å². The lowest BCUT2D eigenvalue weighted by Crippen LogP contribution is -2.25. The van der Waals surface area contributed by atoms with Gasteiger partial charge in [0.1, 0.15) is 11.6 Å². The molecule has 0 amide bonds. The molecule has 2 unspecified atom stereocenters. The molecule has 0 spiro atoms. The Morgan fingerprint density at radius 2 is 2.12 bits per heavy atom. The van der Waals surface area contributed by atoms with Gasteiger partial charge < -0.3 is 5.32 Å². The fourth-order valence-electron chi connectivity index (χ4n) is 2.57. The second-order valence-electron chi connectivity index (χ2n) is 4.43. The number of rotatable bonds is 3. The van der Waals surface area contributed by atoms with Gasteiger partial charge in [-0.1, -0.05) is 6.92 Å². The van der Waals surface area contributed by atoms with E-state index in [1.807, 2.05) is 0 Å². The van der Waals surface area contributed by atoms with E-state index in [9.17, 15) is 8.78 Å². The van der Waals surface area contributed by atoms with Crippen molar-refractivity contribution in [3.05, 3.63) is 35.4 Å². The van der Waals surface area contributed by atoms with E-state index >= 15 is 0 Å². The van der Waals surface area contributed by atoms with Crippen LogP contribution in [0.4, 0.5) is 8.78 Å². The van der Waals surface area contributed by atoms with Crippen molar-refractivity contribution < 1.29 is 8.78 Å². The molecule has 0 aromatic heterocycles. The Morgan fingerprint density at radius 1 is 1.31 bits per heavy atom. The Balaban J connectivity index is 2.11. The molecule has 1 aromatic rings. The maximum atomic E-state index is 13.5. The predicted molar refractivity (Wildman–Crippen MR) is 60.4 cm³/mol. The minimum atomic E-state index is -0.344. The summed E-state index contributed by atoms with van der Waals surface area (Å²) in [5.74, 6) is -0.452. The zero-order valence-electron chi connectivity index (χ0n) is 9.47. The van der Waals surface area contributed by atoms with Gasteiger partial charge >= 0.3 is 0 Å². The monoisotopic (exact) mass is 225 g/mol. The minimum absolute atomic E-state index is 0.166. The summed E-state index contributed by atoms with van der Waals surface area (Å²) in [5.41, 5.74) is 0.542. The lowest BCUT2D eigenvalue weighted by atomic mass is 9.97. The molecule has 0 heterocycles. The Kier molecular flexibility index (Phi) is 3.54. The van der Waals surface area contributed by atoms with Crippen LogP contribution in [0.1, 0.15) is 37.7 Å². The van der Waals surface area contributed by atoms with Crippen LogP contribution < -0.4 is 5.32 Å². The van der Waals surface area contributed by atoms with E-state index in [1.54, 1.807) is 0 Å². The Morgan fingerprint density at radius 3 is 2.88 bits per heavy atom. The molecule has 0 saturated heterocycles. The molecule has 0 aliphatic heterocycles. The highest BCUT2D eigenvalue weighted by atomic mass is 19.1. The molecular weight excluding hydrogens is 208 g/mol. The molecule has 3 heteroatoms. The van der Waals surface area contributed by atoms with Crippen LogP contribution >= 0.6 is 0 Å². The third-order valence-electron chi connectivity index (χ3n) is 3.32. The van der Waals surface area contributed by atoms with E-state index in [0.717, 1.165) is 25.8 Å². The zero-order chi connectivity index (χ0) is 11.5. The van der Waals surface area contributed by atoms with Crippen LogP contribution in [-0.4, -0.2) is 12.6 Å². The summed E-state index contributed by atoms with van der Waals surface area (Å²) in [6.07, 6.45) is 2.90. The van der Waals surface area contributed by atoms with Crippen molar-refractivity contribution in [1.29, 1.82) is 0 Å². The molecule has 16 heavy (non-hydrogen) atoms. The van der Waals surface area contributed by atoms with Crippen LogP contribution in [-0.2, 0) is 0 Å². The maximum absolute atomic E-state index is 13.5. The Labute approximate surface area is 94.9 Å². The van der Waals surface area contributed by atoms with E-state index in [0.29, 0.717) is 11.6 Å². The summed E-state index contributed by atoms with van der Waals surface area (Å²) in [4.78, 5) is 0. The van der Waals surface area contributed by atoms with Crippen molar-refractivity contribution in [3.8, 4) is 0 Å². The topological polar surface area (TPSA) is 12.0 Å². The molecule has 88 valence electrons. The van der Waals surface area contributed by atoms with Gasteiger partial charge in [-0.05, 0) is 55.5 Å². The lowest BCUT2D eigenvalue weighted by molar-refractivity contribution is 0.524. The average Bonchev–Trinajstić information content (AvgIpc) is 2.71. The van der Waals surface area contributed by atoms with Gasteiger partial charge in [0.2, 0.25) is 0 Å². The molecule has 1 aliphatic carbocycles. The summed E-state index contributed by atoms with van der Waals surface area (Å²) in [6, 6.07) is 4.20. The van der Waals surface area contributed by atoms with Crippen molar-refractivity contribution in [2.24, 2.45) is 0 Å². The highest BCUT2D eigenvalue weighted by molar-refractivity contribution is 5.24. The smallest absolute Gasteiger partial charge is 0.126 e. The van der Waals surface area contributed by atoms with Crippen molar-refractivity contribution in [1.82, 2.24) is 5.32 Å².